The van der Waals surface area contributed by atoms with Crippen LogP contribution in [0.5, 0.6) is 0 Å². The largest absolute Gasteiger partial charge is 0.350 e. The Labute approximate surface area is 186 Å². The van der Waals surface area contributed by atoms with Gasteiger partial charge in [0, 0.05) is 24.3 Å². The molecule has 2 aromatic carbocycles. The van der Waals surface area contributed by atoms with E-state index in [1.165, 1.54) is 16.4 Å². The first-order chi connectivity index (χ1) is 15.3. The number of hydrogen-bond donors (Lipinski definition) is 1. The molecule has 1 aliphatic heterocycles. The molecule has 1 aliphatic rings. The molecule has 3 aromatic rings. The van der Waals surface area contributed by atoms with E-state index in [0.29, 0.717) is 12.8 Å². The molecule has 0 spiro atoms. The van der Waals surface area contributed by atoms with Crippen molar-refractivity contribution in [1.29, 1.82) is 0 Å². The van der Waals surface area contributed by atoms with E-state index in [4.69, 9.17) is 0 Å². The minimum absolute atomic E-state index is 0.0190. The molecule has 2 heterocycles. The van der Waals surface area contributed by atoms with Crippen molar-refractivity contribution in [3.63, 3.8) is 0 Å². The third-order valence-corrected chi connectivity index (χ3v) is 7.73. The first kappa shape index (κ1) is 22.2. The Balaban J connectivity index is 1.50. The van der Waals surface area contributed by atoms with Crippen molar-refractivity contribution in [3.8, 4) is 5.69 Å². The average Bonchev–Trinajstić information content (AvgIpc) is 3.39. The summed E-state index contributed by atoms with van der Waals surface area (Å²) in [6.07, 6.45) is 1.02. The van der Waals surface area contributed by atoms with Crippen LogP contribution in [0.3, 0.4) is 0 Å². The molecule has 1 amide bonds. The standard InChI is InChI=1S/C23H25FN4O3S/c1-16-21(17(2)28(26-16)19-7-4-3-5-8-19)15-25-23(29)22-9-6-14-27(22)32(30,31)20-12-10-18(24)11-13-20/h3-5,7-8,10-13,22H,6,9,14-15H2,1-2H3,(H,25,29)/t22-/m1/s1. The number of aromatic nitrogens is 2. The number of rotatable bonds is 6. The fourth-order valence-corrected chi connectivity index (χ4v) is 5.73. The van der Waals surface area contributed by atoms with E-state index in [9.17, 15) is 17.6 Å². The Morgan fingerprint density at radius 1 is 1.12 bits per heavy atom. The van der Waals surface area contributed by atoms with Crippen molar-refractivity contribution in [2.24, 2.45) is 0 Å². The Bertz CT molecular complexity index is 1220. The van der Waals surface area contributed by atoms with E-state index in [2.05, 4.69) is 10.4 Å². The molecule has 4 rings (SSSR count). The number of halogens is 1. The molecule has 7 nitrogen and oxygen atoms in total. The van der Waals surface area contributed by atoms with Gasteiger partial charge in [-0.05, 0) is 63.1 Å². The van der Waals surface area contributed by atoms with Crippen molar-refractivity contribution in [1.82, 2.24) is 19.4 Å². The van der Waals surface area contributed by atoms with Crippen molar-refractivity contribution in [2.45, 2.75) is 44.2 Å². The highest BCUT2D eigenvalue weighted by molar-refractivity contribution is 7.89. The van der Waals surface area contributed by atoms with Crippen LogP contribution in [0.25, 0.3) is 5.69 Å². The third-order valence-electron chi connectivity index (χ3n) is 5.81. The van der Waals surface area contributed by atoms with E-state index in [0.717, 1.165) is 34.8 Å². The van der Waals surface area contributed by atoms with Gasteiger partial charge in [0.2, 0.25) is 15.9 Å². The van der Waals surface area contributed by atoms with E-state index in [1.54, 1.807) is 0 Å². The Kier molecular flexibility index (Phi) is 6.12. The SMILES string of the molecule is Cc1nn(-c2ccccc2)c(C)c1CNC(=O)[C@H]1CCCN1S(=O)(=O)c1ccc(F)cc1. The molecule has 1 fully saturated rings. The predicted molar refractivity (Wildman–Crippen MR) is 118 cm³/mol. The quantitative estimate of drug-likeness (QED) is 0.618. The van der Waals surface area contributed by atoms with Crippen molar-refractivity contribution >= 4 is 15.9 Å². The average molecular weight is 457 g/mol. The van der Waals surface area contributed by atoms with E-state index in [-0.39, 0.29) is 23.9 Å². The fourth-order valence-electron chi connectivity index (χ4n) is 4.08. The minimum atomic E-state index is -3.89. The van der Waals surface area contributed by atoms with Gasteiger partial charge in [-0.1, -0.05) is 18.2 Å². The molecule has 1 saturated heterocycles. The molecule has 0 unspecified atom stereocenters. The zero-order valence-electron chi connectivity index (χ0n) is 18.0. The normalized spacial score (nSPS) is 16.9. The first-order valence-electron chi connectivity index (χ1n) is 10.4. The van der Waals surface area contributed by atoms with Gasteiger partial charge in [-0.2, -0.15) is 9.40 Å². The van der Waals surface area contributed by atoms with Crippen molar-refractivity contribution in [3.05, 3.63) is 77.4 Å². The van der Waals surface area contributed by atoms with Crippen LogP contribution in [-0.4, -0.2) is 41.0 Å². The zero-order chi connectivity index (χ0) is 22.9. The number of carbonyl (C=O) groups is 1. The van der Waals surface area contributed by atoms with Gasteiger partial charge in [0.15, 0.2) is 0 Å². The lowest BCUT2D eigenvalue weighted by Gasteiger charge is -2.23. The molecule has 32 heavy (non-hydrogen) atoms. The summed E-state index contributed by atoms with van der Waals surface area (Å²) < 4.78 is 42.3. The van der Waals surface area contributed by atoms with Gasteiger partial charge in [0.05, 0.1) is 16.3 Å². The number of carbonyl (C=O) groups excluding carboxylic acids is 1. The summed E-state index contributed by atoms with van der Waals surface area (Å²) in [6.45, 7) is 4.33. The summed E-state index contributed by atoms with van der Waals surface area (Å²) in [5.74, 6) is -0.860. The summed E-state index contributed by atoms with van der Waals surface area (Å²) in [6, 6.07) is 13.6. The number of amides is 1. The van der Waals surface area contributed by atoms with Crippen LogP contribution in [0.15, 0.2) is 59.5 Å². The molecule has 0 saturated carbocycles. The number of sulfonamides is 1. The highest BCUT2D eigenvalue weighted by Crippen LogP contribution is 2.27. The number of benzene rings is 2. The monoisotopic (exact) mass is 456 g/mol. The van der Waals surface area contributed by atoms with Crippen molar-refractivity contribution < 1.29 is 17.6 Å². The molecule has 9 heteroatoms. The summed E-state index contributed by atoms with van der Waals surface area (Å²) in [5, 5.41) is 7.48. The lowest BCUT2D eigenvalue weighted by atomic mass is 10.1. The van der Waals surface area contributed by atoms with Gasteiger partial charge in [-0.3, -0.25) is 4.79 Å². The van der Waals surface area contributed by atoms with Crippen LogP contribution >= 0.6 is 0 Å². The lowest BCUT2D eigenvalue weighted by molar-refractivity contribution is -0.124. The maximum Gasteiger partial charge on any atom is 0.243 e. The van der Waals surface area contributed by atoms with Gasteiger partial charge in [-0.25, -0.2) is 17.5 Å². The number of nitrogens with one attached hydrogen (secondary N) is 1. The molecule has 0 aliphatic carbocycles. The molecule has 1 aromatic heterocycles. The zero-order valence-corrected chi connectivity index (χ0v) is 18.8. The second kappa shape index (κ2) is 8.84. The number of hydrogen-bond acceptors (Lipinski definition) is 4. The molecule has 0 bridgehead atoms. The van der Waals surface area contributed by atoms with Crippen LogP contribution in [0.4, 0.5) is 4.39 Å². The number of nitrogens with zero attached hydrogens (tertiary/aromatic N) is 3. The minimum Gasteiger partial charge on any atom is -0.350 e. The second-order valence-electron chi connectivity index (χ2n) is 7.84. The fraction of sp³-hybridized carbons (Fsp3) is 0.304. The van der Waals surface area contributed by atoms with Crippen LogP contribution in [0.2, 0.25) is 0 Å². The Hall–Kier alpha value is -3.04. The summed E-state index contributed by atoms with van der Waals surface area (Å²) in [5.41, 5.74) is 3.54. The molecule has 1 N–H and O–H groups in total. The summed E-state index contributed by atoms with van der Waals surface area (Å²) in [7, 11) is -3.89. The van der Waals surface area contributed by atoms with Crippen LogP contribution in [-0.2, 0) is 21.4 Å². The Morgan fingerprint density at radius 2 is 1.81 bits per heavy atom. The highest BCUT2D eigenvalue weighted by Gasteiger charge is 2.39. The second-order valence-corrected chi connectivity index (χ2v) is 9.73. The molecular formula is C23H25FN4O3S. The van der Waals surface area contributed by atoms with Crippen molar-refractivity contribution in [2.75, 3.05) is 6.54 Å². The predicted octanol–water partition coefficient (Wildman–Crippen LogP) is 3.10. The van der Waals surface area contributed by atoms with E-state index in [1.807, 2.05) is 48.9 Å². The maximum absolute atomic E-state index is 13.2. The van der Waals surface area contributed by atoms with Crippen LogP contribution in [0.1, 0.15) is 29.8 Å². The Morgan fingerprint density at radius 3 is 2.50 bits per heavy atom. The molecule has 168 valence electrons. The maximum atomic E-state index is 13.2. The van der Waals surface area contributed by atoms with Gasteiger partial charge in [-0.15, -0.1) is 0 Å². The third kappa shape index (κ3) is 4.18. The summed E-state index contributed by atoms with van der Waals surface area (Å²) >= 11 is 0. The number of para-hydroxylation sites is 1. The first-order valence-corrected chi connectivity index (χ1v) is 11.9. The van der Waals surface area contributed by atoms with E-state index < -0.39 is 21.9 Å². The van der Waals surface area contributed by atoms with Gasteiger partial charge in [0.1, 0.15) is 11.9 Å². The van der Waals surface area contributed by atoms with Crippen LogP contribution < -0.4 is 5.32 Å². The van der Waals surface area contributed by atoms with Gasteiger partial charge < -0.3 is 5.32 Å². The molecule has 0 radical (unpaired) electrons. The lowest BCUT2D eigenvalue weighted by Crippen LogP contribution is -2.45. The van der Waals surface area contributed by atoms with Gasteiger partial charge in [0.25, 0.3) is 0 Å². The van der Waals surface area contributed by atoms with Gasteiger partial charge >= 0.3 is 0 Å². The number of aryl methyl sites for hydroxylation is 1. The van der Waals surface area contributed by atoms with Crippen LogP contribution in [0, 0.1) is 19.7 Å². The highest BCUT2D eigenvalue weighted by atomic mass is 32.2. The summed E-state index contributed by atoms with van der Waals surface area (Å²) in [4.78, 5) is 12.9. The smallest absolute Gasteiger partial charge is 0.243 e. The molecule has 1 atom stereocenters. The molecular weight excluding hydrogens is 431 g/mol. The van der Waals surface area contributed by atoms with E-state index >= 15 is 0 Å². The topological polar surface area (TPSA) is 84.3 Å².